The summed E-state index contributed by atoms with van der Waals surface area (Å²) in [6, 6.07) is 23.4. The van der Waals surface area contributed by atoms with E-state index in [1.807, 2.05) is 60.7 Å². The third-order valence-corrected chi connectivity index (χ3v) is 5.86. The summed E-state index contributed by atoms with van der Waals surface area (Å²) in [5, 5.41) is 12.7. The van der Waals surface area contributed by atoms with E-state index < -0.39 is 0 Å². The number of hydrogen-bond acceptors (Lipinski definition) is 6. The first-order valence-electron chi connectivity index (χ1n) is 10.3. The Morgan fingerprint density at radius 1 is 0.613 bits per heavy atom. The molecular formula is C25H28N2O4. The summed E-state index contributed by atoms with van der Waals surface area (Å²) in [4.78, 5) is 2.30. The van der Waals surface area contributed by atoms with Gasteiger partial charge in [0.1, 0.15) is 17.2 Å². The van der Waals surface area contributed by atoms with Gasteiger partial charge in [0.2, 0.25) is 0 Å². The van der Waals surface area contributed by atoms with E-state index in [1.165, 1.54) is 5.06 Å². The number of piperazine rings is 1. The lowest BCUT2D eigenvalue weighted by Crippen LogP contribution is -2.49. The Labute approximate surface area is 183 Å². The van der Waals surface area contributed by atoms with Crippen molar-refractivity contribution in [3.05, 3.63) is 83.9 Å². The molecule has 0 spiro atoms. The van der Waals surface area contributed by atoms with Crippen LogP contribution in [0.1, 0.15) is 23.2 Å². The SMILES string of the molecule is COc1ccc([C@H]2CN(c3ccc(OC)cc3)C[C@@H](c3ccc(OC)cc3)N2O)cc1. The van der Waals surface area contributed by atoms with Crippen LogP contribution in [0.4, 0.5) is 5.69 Å². The summed E-state index contributed by atoms with van der Waals surface area (Å²) in [6.45, 7) is 1.31. The maximum Gasteiger partial charge on any atom is 0.119 e. The topological polar surface area (TPSA) is 54.4 Å². The van der Waals surface area contributed by atoms with E-state index in [4.69, 9.17) is 14.2 Å². The van der Waals surface area contributed by atoms with E-state index in [-0.39, 0.29) is 12.1 Å². The first-order valence-corrected chi connectivity index (χ1v) is 10.3. The number of anilines is 1. The van der Waals surface area contributed by atoms with Crippen LogP contribution in [0.15, 0.2) is 72.8 Å². The first-order chi connectivity index (χ1) is 15.1. The van der Waals surface area contributed by atoms with Crippen LogP contribution < -0.4 is 19.1 Å². The van der Waals surface area contributed by atoms with Gasteiger partial charge in [-0.25, -0.2) is 0 Å². The average molecular weight is 421 g/mol. The van der Waals surface area contributed by atoms with Crippen molar-refractivity contribution in [2.75, 3.05) is 39.3 Å². The van der Waals surface area contributed by atoms with Crippen LogP contribution in [0.2, 0.25) is 0 Å². The molecule has 6 heteroatoms. The molecule has 0 aliphatic carbocycles. The van der Waals surface area contributed by atoms with E-state index in [9.17, 15) is 5.21 Å². The van der Waals surface area contributed by atoms with Crippen LogP contribution in [0.5, 0.6) is 17.2 Å². The second-order valence-electron chi connectivity index (χ2n) is 7.56. The molecule has 1 N–H and O–H groups in total. The van der Waals surface area contributed by atoms with Crippen molar-refractivity contribution in [2.24, 2.45) is 0 Å². The molecule has 2 atom stereocenters. The molecule has 1 aliphatic heterocycles. The molecular weight excluding hydrogens is 392 g/mol. The minimum atomic E-state index is -0.200. The van der Waals surface area contributed by atoms with Gasteiger partial charge >= 0.3 is 0 Å². The lowest BCUT2D eigenvalue weighted by Gasteiger charge is -2.45. The first kappa shape index (κ1) is 21.0. The summed E-state index contributed by atoms with van der Waals surface area (Å²) in [7, 11) is 4.97. The fraction of sp³-hybridized carbons (Fsp3) is 0.280. The molecule has 4 rings (SSSR count). The zero-order valence-electron chi connectivity index (χ0n) is 18.1. The number of hydrogen-bond donors (Lipinski definition) is 1. The maximum atomic E-state index is 11.3. The largest absolute Gasteiger partial charge is 0.497 e. The minimum absolute atomic E-state index is 0.200. The Balaban J connectivity index is 1.68. The van der Waals surface area contributed by atoms with Gasteiger partial charge in [-0.05, 0) is 59.7 Å². The standard InChI is InChI=1S/C25H28N2O4/c1-29-21-10-4-18(5-11-21)24-16-26(20-8-14-23(31-3)15-9-20)17-25(27(24)28)19-6-12-22(30-2)13-7-19/h4-15,24-25,28H,16-17H2,1-3H3/t24-,25+. The van der Waals surface area contributed by atoms with E-state index in [0.717, 1.165) is 34.1 Å². The number of hydroxylamine groups is 2. The van der Waals surface area contributed by atoms with Crippen LogP contribution in [0.25, 0.3) is 0 Å². The molecule has 3 aromatic rings. The lowest BCUT2D eigenvalue weighted by molar-refractivity contribution is -0.170. The molecule has 6 nitrogen and oxygen atoms in total. The highest BCUT2D eigenvalue weighted by Crippen LogP contribution is 2.38. The Bertz CT molecular complexity index is 916. The summed E-state index contributed by atoms with van der Waals surface area (Å²) in [6.07, 6.45) is 0. The molecule has 0 unspecified atom stereocenters. The molecule has 162 valence electrons. The third kappa shape index (κ3) is 4.45. The maximum absolute atomic E-state index is 11.3. The highest BCUT2D eigenvalue weighted by Gasteiger charge is 2.36. The highest BCUT2D eigenvalue weighted by atomic mass is 16.5. The van der Waals surface area contributed by atoms with Gasteiger partial charge in [-0.15, -0.1) is 0 Å². The van der Waals surface area contributed by atoms with Crippen molar-refractivity contribution >= 4 is 5.69 Å². The zero-order valence-corrected chi connectivity index (χ0v) is 18.1. The van der Waals surface area contributed by atoms with Crippen molar-refractivity contribution in [2.45, 2.75) is 12.1 Å². The lowest BCUT2D eigenvalue weighted by atomic mass is 9.96. The van der Waals surface area contributed by atoms with Crippen molar-refractivity contribution < 1.29 is 19.4 Å². The predicted octanol–water partition coefficient (Wildman–Crippen LogP) is 4.71. The molecule has 1 heterocycles. The Morgan fingerprint density at radius 3 is 1.32 bits per heavy atom. The average Bonchev–Trinajstić information content (AvgIpc) is 2.84. The number of ether oxygens (including phenoxy) is 3. The number of rotatable bonds is 6. The van der Waals surface area contributed by atoms with Gasteiger partial charge in [0.15, 0.2) is 0 Å². The molecule has 1 fully saturated rings. The van der Waals surface area contributed by atoms with Crippen LogP contribution in [-0.2, 0) is 0 Å². The van der Waals surface area contributed by atoms with Crippen LogP contribution >= 0.6 is 0 Å². The molecule has 31 heavy (non-hydrogen) atoms. The van der Waals surface area contributed by atoms with E-state index >= 15 is 0 Å². The number of methoxy groups -OCH3 is 3. The van der Waals surface area contributed by atoms with Crippen molar-refractivity contribution in [1.82, 2.24) is 5.06 Å². The van der Waals surface area contributed by atoms with Gasteiger partial charge in [0.05, 0.1) is 33.4 Å². The zero-order chi connectivity index (χ0) is 21.8. The smallest absolute Gasteiger partial charge is 0.119 e. The minimum Gasteiger partial charge on any atom is -0.497 e. The summed E-state index contributed by atoms with van der Waals surface area (Å²) < 4.78 is 15.9. The second kappa shape index (κ2) is 9.29. The molecule has 0 aromatic heterocycles. The van der Waals surface area contributed by atoms with E-state index in [2.05, 4.69) is 17.0 Å². The molecule has 0 amide bonds. The Morgan fingerprint density at radius 2 is 0.968 bits per heavy atom. The second-order valence-corrected chi connectivity index (χ2v) is 7.56. The van der Waals surface area contributed by atoms with E-state index in [1.54, 1.807) is 21.3 Å². The highest BCUT2D eigenvalue weighted by molar-refractivity contribution is 5.51. The van der Waals surface area contributed by atoms with Gasteiger partial charge in [-0.2, -0.15) is 5.06 Å². The van der Waals surface area contributed by atoms with Gasteiger partial charge in [0, 0.05) is 18.8 Å². The van der Waals surface area contributed by atoms with Crippen molar-refractivity contribution in [3.8, 4) is 17.2 Å². The predicted molar refractivity (Wildman–Crippen MR) is 120 cm³/mol. The normalized spacial score (nSPS) is 19.2. The molecule has 0 saturated carbocycles. The molecule has 0 radical (unpaired) electrons. The van der Waals surface area contributed by atoms with E-state index in [0.29, 0.717) is 13.1 Å². The fourth-order valence-electron chi connectivity index (χ4n) is 4.05. The fourth-order valence-corrected chi connectivity index (χ4v) is 4.05. The monoisotopic (exact) mass is 420 g/mol. The Kier molecular flexibility index (Phi) is 6.30. The number of benzene rings is 3. The summed E-state index contributed by atoms with van der Waals surface area (Å²) in [5.74, 6) is 2.41. The van der Waals surface area contributed by atoms with Gasteiger partial charge in [-0.3, -0.25) is 0 Å². The quantitative estimate of drug-likeness (QED) is 0.624. The molecule has 0 bridgehead atoms. The van der Waals surface area contributed by atoms with Crippen molar-refractivity contribution in [3.63, 3.8) is 0 Å². The van der Waals surface area contributed by atoms with Crippen molar-refractivity contribution in [1.29, 1.82) is 0 Å². The van der Waals surface area contributed by atoms with Crippen LogP contribution in [0, 0.1) is 0 Å². The number of nitrogens with zero attached hydrogens (tertiary/aromatic N) is 2. The van der Waals surface area contributed by atoms with Gasteiger partial charge < -0.3 is 24.3 Å². The van der Waals surface area contributed by atoms with Crippen LogP contribution in [-0.4, -0.2) is 44.7 Å². The van der Waals surface area contributed by atoms with Crippen LogP contribution in [0.3, 0.4) is 0 Å². The van der Waals surface area contributed by atoms with Gasteiger partial charge in [-0.1, -0.05) is 24.3 Å². The summed E-state index contributed by atoms with van der Waals surface area (Å²) in [5.41, 5.74) is 3.14. The molecule has 3 aromatic carbocycles. The molecule has 1 aliphatic rings. The third-order valence-electron chi connectivity index (χ3n) is 5.86. The van der Waals surface area contributed by atoms with Gasteiger partial charge in [0.25, 0.3) is 0 Å². The molecule has 1 saturated heterocycles. The Hall–Kier alpha value is -3.22. The summed E-state index contributed by atoms with van der Waals surface area (Å²) >= 11 is 0.